The highest BCUT2D eigenvalue weighted by Crippen LogP contribution is 2.13. The molecule has 0 atom stereocenters. The van der Waals surface area contributed by atoms with Gasteiger partial charge in [0, 0.05) is 37.7 Å². The van der Waals surface area contributed by atoms with Gasteiger partial charge < -0.3 is 0 Å². The van der Waals surface area contributed by atoms with Gasteiger partial charge in [-0.1, -0.05) is 12.1 Å². The van der Waals surface area contributed by atoms with Crippen LogP contribution >= 0.6 is 0 Å². The van der Waals surface area contributed by atoms with Crippen LogP contribution < -0.4 is 0 Å². The minimum Gasteiger partial charge on any atom is -0.300 e. The third-order valence-corrected chi connectivity index (χ3v) is 3.08. The molecule has 1 rings (SSSR count). The van der Waals surface area contributed by atoms with Crippen LogP contribution in [0.15, 0.2) is 24.3 Å². The minimum atomic E-state index is -0.392. The van der Waals surface area contributed by atoms with Crippen LogP contribution in [0.3, 0.4) is 0 Å². The first kappa shape index (κ1) is 15.1. The first-order chi connectivity index (χ1) is 9.04. The highest BCUT2D eigenvalue weighted by Gasteiger charge is 2.09. The van der Waals surface area contributed by atoms with E-state index in [4.69, 9.17) is 5.26 Å². The van der Waals surface area contributed by atoms with Gasteiger partial charge in [0.1, 0.15) is 0 Å². The second-order valence-corrected chi connectivity index (χ2v) is 4.71. The molecule has 19 heavy (non-hydrogen) atoms. The van der Waals surface area contributed by atoms with Crippen LogP contribution in [0, 0.1) is 21.4 Å². The van der Waals surface area contributed by atoms with Crippen molar-refractivity contribution in [3.8, 4) is 6.07 Å². The van der Waals surface area contributed by atoms with Gasteiger partial charge in [-0.05, 0) is 25.8 Å². The summed E-state index contributed by atoms with van der Waals surface area (Å²) >= 11 is 0. The standard InChI is InChI=1S/C14H19N3O2/c1-12(2)16(10-3-9-15)11-8-13-4-6-14(7-5-13)17(18)19/h4-7,12H,3,8,10-11H2,1-2H3. The molecule has 1 aromatic carbocycles. The summed E-state index contributed by atoms with van der Waals surface area (Å²) in [5.74, 6) is 0. The summed E-state index contributed by atoms with van der Waals surface area (Å²) in [6.45, 7) is 5.83. The Bertz CT molecular complexity index is 449. The van der Waals surface area contributed by atoms with Crippen molar-refractivity contribution in [1.29, 1.82) is 5.26 Å². The van der Waals surface area contributed by atoms with Crippen molar-refractivity contribution in [1.82, 2.24) is 4.90 Å². The lowest BCUT2D eigenvalue weighted by atomic mass is 10.1. The first-order valence-corrected chi connectivity index (χ1v) is 6.39. The fraction of sp³-hybridized carbons (Fsp3) is 0.500. The van der Waals surface area contributed by atoms with E-state index in [0.29, 0.717) is 12.5 Å². The quantitative estimate of drug-likeness (QED) is 0.559. The van der Waals surface area contributed by atoms with Crippen LogP contribution in [-0.2, 0) is 6.42 Å². The molecule has 0 fully saturated rings. The van der Waals surface area contributed by atoms with Gasteiger partial charge in [-0.15, -0.1) is 0 Å². The van der Waals surface area contributed by atoms with Crippen LogP contribution in [0.4, 0.5) is 5.69 Å². The maximum absolute atomic E-state index is 10.6. The van der Waals surface area contributed by atoms with E-state index < -0.39 is 4.92 Å². The Balaban J connectivity index is 2.54. The SMILES string of the molecule is CC(C)N(CCC#N)CCc1ccc([N+](=O)[O-])cc1. The Morgan fingerprint density at radius 2 is 1.95 bits per heavy atom. The van der Waals surface area contributed by atoms with Gasteiger partial charge in [-0.25, -0.2) is 0 Å². The number of nitriles is 1. The van der Waals surface area contributed by atoms with Crippen molar-refractivity contribution in [2.45, 2.75) is 32.7 Å². The van der Waals surface area contributed by atoms with Gasteiger partial charge >= 0.3 is 0 Å². The lowest BCUT2D eigenvalue weighted by Crippen LogP contribution is -2.33. The Labute approximate surface area is 113 Å². The molecule has 0 bridgehead atoms. The van der Waals surface area contributed by atoms with Crippen LogP contribution in [0.25, 0.3) is 0 Å². The monoisotopic (exact) mass is 261 g/mol. The molecular formula is C14H19N3O2. The normalized spacial score (nSPS) is 10.7. The van der Waals surface area contributed by atoms with E-state index in [9.17, 15) is 10.1 Å². The van der Waals surface area contributed by atoms with E-state index in [-0.39, 0.29) is 5.69 Å². The van der Waals surface area contributed by atoms with Crippen molar-refractivity contribution in [3.05, 3.63) is 39.9 Å². The summed E-state index contributed by atoms with van der Waals surface area (Å²) in [6.07, 6.45) is 1.36. The molecule has 0 radical (unpaired) electrons. The number of hydrogen-bond donors (Lipinski definition) is 0. The van der Waals surface area contributed by atoms with E-state index >= 15 is 0 Å². The summed E-state index contributed by atoms with van der Waals surface area (Å²) in [7, 11) is 0. The summed E-state index contributed by atoms with van der Waals surface area (Å²) in [5.41, 5.74) is 1.20. The molecular weight excluding hydrogens is 242 g/mol. The zero-order valence-electron chi connectivity index (χ0n) is 11.4. The fourth-order valence-electron chi connectivity index (χ4n) is 1.88. The fourth-order valence-corrected chi connectivity index (χ4v) is 1.88. The largest absolute Gasteiger partial charge is 0.300 e. The smallest absolute Gasteiger partial charge is 0.269 e. The number of nitro benzene ring substituents is 1. The van der Waals surface area contributed by atoms with Crippen LogP contribution in [-0.4, -0.2) is 29.0 Å². The topological polar surface area (TPSA) is 70.2 Å². The van der Waals surface area contributed by atoms with Gasteiger partial charge in [-0.2, -0.15) is 5.26 Å². The number of rotatable bonds is 7. The first-order valence-electron chi connectivity index (χ1n) is 6.39. The zero-order chi connectivity index (χ0) is 14.3. The van der Waals surface area contributed by atoms with E-state index in [0.717, 1.165) is 25.1 Å². The average molecular weight is 261 g/mol. The van der Waals surface area contributed by atoms with E-state index in [2.05, 4.69) is 24.8 Å². The van der Waals surface area contributed by atoms with Crippen molar-refractivity contribution in [2.75, 3.05) is 13.1 Å². The molecule has 102 valence electrons. The van der Waals surface area contributed by atoms with Gasteiger partial charge in [-0.3, -0.25) is 15.0 Å². The Morgan fingerprint density at radius 1 is 1.32 bits per heavy atom. The summed E-state index contributed by atoms with van der Waals surface area (Å²) < 4.78 is 0. The number of nitro groups is 1. The van der Waals surface area contributed by atoms with Crippen LogP contribution in [0.5, 0.6) is 0 Å². The molecule has 0 amide bonds. The highest BCUT2D eigenvalue weighted by atomic mass is 16.6. The maximum atomic E-state index is 10.6. The lowest BCUT2D eigenvalue weighted by molar-refractivity contribution is -0.384. The third-order valence-electron chi connectivity index (χ3n) is 3.08. The number of nitrogens with zero attached hydrogens (tertiary/aromatic N) is 3. The Morgan fingerprint density at radius 3 is 2.42 bits per heavy atom. The van der Waals surface area contributed by atoms with Crippen LogP contribution in [0.1, 0.15) is 25.8 Å². The number of non-ortho nitro benzene ring substituents is 1. The Hall–Kier alpha value is -1.93. The highest BCUT2D eigenvalue weighted by molar-refractivity contribution is 5.32. The summed E-state index contributed by atoms with van der Waals surface area (Å²) in [6, 6.07) is 9.20. The van der Waals surface area contributed by atoms with E-state index in [1.807, 2.05) is 0 Å². The molecule has 0 saturated carbocycles. The van der Waals surface area contributed by atoms with Crippen molar-refractivity contribution in [3.63, 3.8) is 0 Å². The van der Waals surface area contributed by atoms with Crippen molar-refractivity contribution < 1.29 is 4.92 Å². The predicted octanol–water partition coefficient (Wildman–Crippen LogP) is 2.76. The van der Waals surface area contributed by atoms with E-state index in [1.165, 1.54) is 12.1 Å². The molecule has 0 N–H and O–H groups in total. The maximum Gasteiger partial charge on any atom is 0.269 e. The van der Waals surface area contributed by atoms with Gasteiger partial charge in [0.05, 0.1) is 11.0 Å². The number of hydrogen-bond acceptors (Lipinski definition) is 4. The molecule has 0 aromatic heterocycles. The van der Waals surface area contributed by atoms with E-state index in [1.54, 1.807) is 12.1 Å². The second kappa shape index (κ2) is 7.49. The minimum absolute atomic E-state index is 0.119. The zero-order valence-corrected chi connectivity index (χ0v) is 11.4. The predicted molar refractivity (Wildman–Crippen MR) is 73.7 cm³/mol. The van der Waals surface area contributed by atoms with Crippen LogP contribution in [0.2, 0.25) is 0 Å². The third kappa shape index (κ3) is 5.06. The second-order valence-electron chi connectivity index (χ2n) is 4.71. The molecule has 1 aromatic rings. The van der Waals surface area contributed by atoms with Crippen molar-refractivity contribution >= 4 is 5.69 Å². The Kier molecular flexibility index (Phi) is 5.97. The van der Waals surface area contributed by atoms with Crippen molar-refractivity contribution in [2.24, 2.45) is 0 Å². The lowest BCUT2D eigenvalue weighted by Gasteiger charge is -2.25. The summed E-state index contributed by atoms with van der Waals surface area (Å²) in [4.78, 5) is 12.4. The average Bonchev–Trinajstić information content (AvgIpc) is 2.39. The van der Waals surface area contributed by atoms with Gasteiger partial charge in [0.15, 0.2) is 0 Å². The molecule has 5 nitrogen and oxygen atoms in total. The number of benzene rings is 1. The van der Waals surface area contributed by atoms with Gasteiger partial charge in [0.2, 0.25) is 0 Å². The molecule has 0 aliphatic rings. The molecule has 0 unspecified atom stereocenters. The molecule has 0 heterocycles. The molecule has 0 aliphatic heterocycles. The molecule has 0 spiro atoms. The summed E-state index contributed by atoms with van der Waals surface area (Å²) in [5, 5.41) is 19.2. The molecule has 0 aliphatic carbocycles. The van der Waals surface area contributed by atoms with Gasteiger partial charge in [0.25, 0.3) is 5.69 Å². The molecule has 0 saturated heterocycles. The molecule has 5 heteroatoms.